The number of carbonyl (C=O) groups is 1. The molecule has 0 spiro atoms. The molecule has 0 aromatic carbocycles. The quantitative estimate of drug-likeness (QED) is 0.836. The van der Waals surface area contributed by atoms with Gasteiger partial charge in [-0.3, -0.25) is 0 Å². The van der Waals surface area contributed by atoms with E-state index in [4.69, 9.17) is 10.1 Å². The van der Waals surface area contributed by atoms with Gasteiger partial charge in [-0.25, -0.2) is 9.78 Å². The Morgan fingerprint density at radius 1 is 1.29 bits per heavy atom. The normalized spacial score (nSPS) is 22.3. The van der Waals surface area contributed by atoms with Gasteiger partial charge in [-0.2, -0.15) is 0 Å². The van der Waals surface area contributed by atoms with Crippen molar-refractivity contribution in [3.63, 3.8) is 0 Å². The first-order valence-corrected chi connectivity index (χ1v) is 9.21. The van der Waals surface area contributed by atoms with Gasteiger partial charge >= 0.3 is 5.97 Å². The molecule has 0 bridgehead atoms. The zero-order chi connectivity index (χ0) is 14.8. The first-order valence-electron chi connectivity index (χ1n) is 7.45. The highest BCUT2D eigenvalue weighted by Crippen LogP contribution is 2.39. The molecule has 0 unspecified atom stereocenters. The van der Waals surface area contributed by atoms with Crippen LogP contribution in [0, 0.1) is 5.92 Å². The number of nitrogens with zero attached hydrogens (tertiary/aromatic N) is 1. The molecule has 2 heterocycles. The maximum atomic E-state index is 10.9. The number of thiophene rings is 1. The summed E-state index contributed by atoms with van der Waals surface area (Å²) in [7, 11) is 0. The summed E-state index contributed by atoms with van der Waals surface area (Å²) in [6, 6.07) is 1.72. The fourth-order valence-corrected chi connectivity index (χ4v) is 4.90. The summed E-state index contributed by atoms with van der Waals surface area (Å²) < 4.78 is 0. The Morgan fingerprint density at radius 3 is 2.67 bits per heavy atom. The third kappa shape index (κ3) is 3.19. The summed E-state index contributed by atoms with van der Waals surface area (Å²) in [5, 5.41) is 14.0. The van der Waals surface area contributed by atoms with Gasteiger partial charge in [0.05, 0.1) is 21.1 Å². The Labute approximate surface area is 132 Å². The fraction of sp³-hybridized carbons (Fsp3) is 0.500. The molecule has 5 heteroatoms. The van der Waals surface area contributed by atoms with Crippen LogP contribution in [0.5, 0.6) is 0 Å². The molecule has 21 heavy (non-hydrogen) atoms. The minimum absolute atomic E-state index is 0.355. The van der Waals surface area contributed by atoms with Gasteiger partial charge < -0.3 is 5.11 Å². The van der Waals surface area contributed by atoms with Crippen LogP contribution in [0.4, 0.5) is 0 Å². The van der Waals surface area contributed by atoms with Crippen molar-refractivity contribution in [1.29, 1.82) is 0 Å². The van der Waals surface area contributed by atoms with Crippen molar-refractivity contribution in [2.75, 3.05) is 0 Å². The third-order valence-corrected chi connectivity index (χ3v) is 6.35. The summed E-state index contributed by atoms with van der Waals surface area (Å²) in [4.78, 5) is 16.7. The van der Waals surface area contributed by atoms with Crippen molar-refractivity contribution in [2.24, 2.45) is 5.92 Å². The molecule has 0 amide bonds. The molecule has 3 rings (SSSR count). The van der Waals surface area contributed by atoms with Crippen LogP contribution >= 0.6 is 22.7 Å². The highest BCUT2D eigenvalue weighted by molar-refractivity contribution is 7.14. The molecule has 1 N–H and O–H groups in total. The Morgan fingerprint density at radius 2 is 2.05 bits per heavy atom. The number of hydrogen-bond donors (Lipinski definition) is 1. The topological polar surface area (TPSA) is 50.2 Å². The van der Waals surface area contributed by atoms with Crippen LogP contribution in [0.25, 0.3) is 10.6 Å². The summed E-state index contributed by atoms with van der Waals surface area (Å²) in [6.45, 7) is 2.28. The second-order valence-corrected chi connectivity index (χ2v) is 7.50. The molecule has 2 aromatic rings. The summed E-state index contributed by atoms with van der Waals surface area (Å²) in [5.74, 6) is 0.632. The number of carboxylic acids is 1. The predicted octanol–water partition coefficient (Wildman–Crippen LogP) is 5.25. The zero-order valence-corrected chi connectivity index (χ0v) is 13.7. The van der Waals surface area contributed by atoms with Gasteiger partial charge in [0.25, 0.3) is 0 Å². The van der Waals surface area contributed by atoms with Crippen molar-refractivity contribution in [2.45, 2.75) is 44.9 Å². The van der Waals surface area contributed by atoms with E-state index in [2.05, 4.69) is 12.3 Å². The second kappa shape index (κ2) is 6.28. The van der Waals surface area contributed by atoms with Crippen molar-refractivity contribution >= 4 is 28.6 Å². The molecule has 0 radical (unpaired) electrons. The molecule has 1 saturated carbocycles. The van der Waals surface area contributed by atoms with E-state index >= 15 is 0 Å². The summed E-state index contributed by atoms with van der Waals surface area (Å²) >= 11 is 3.18. The standard InChI is InChI=1S/C16H19NO2S2/c1-2-10-3-5-11(6-4-10)15-17-13(9-21-15)14-7-12(8-20-14)16(18)19/h7-11H,2-6H2,1H3,(H,18,19). The van der Waals surface area contributed by atoms with Gasteiger partial charge in [-0.15, -0.1) is 22.7 Å². The van der Waals surface area contributed by atoms with Crippen LogP contribution in [0.15, 0.2) is 16.8 Å². The minimum atomic E-state index is -0.870. The molecular weight excluding hydrogens is 302 g/mol. The minimum Gasteiger partial charge on any atom is -0.478 e. The van der Waals surface area contributed by atoms with E-state index in [9.17, 15) is 4.79 Å². The molecule has 1 aliphatic rings. The summed E-state index contributed by atoms with van der Waals surface area (Å²) in [5.41, 5.74) is 1.29. The van der Waals surface area contributed by atoms with E-state index in [0.717, 1.165) is 16.5 Å². The third-order valence-electron chi connectivity index (χ3n) is 4.39. The highest BCUT2D eigenvalue weighted by atomic mass is 32.1. The Balaban J connectivity index is 1.72. The first kappa shape index (κ1) is 14.7. The van der Waals surface area contributed by atoms with Crippen molar-refractivity contribution in [3.8, 4) is 10.6 Å². The monoisotopic (exact) mass is 321 g/mol. The van der Waals surface area contributed by atoms with Crippen LogP contribution in [-0.4, -0.2) is 16.1 Å². The van der Waals surface area contributed by atoms with Crippen molar-refractivity contribution in [3.05, 3.63) is 27.4 Å². The Bertz CT molecular complexity index is 624. The van der Waals surface area contributed by atoms with Crippen LogP contribution in [0.3, 0.4) is 0 Å². The largest absolute Gasteiger partial charge is 0.478 e. The Hall–Kier alpha value is -1.20. The average molecular weight is 321 g/mol. The molecular formula is C16H19NO2S2. The van der Waals surface area contributed by atoms with Crippen molar-refractivity contribution < 1.29 is 9.90 Å². The maximum absolute atomic E-state index is 10.9. The molecule has 2 aromatic heterocycles. The van der Waals surface area contributed by atoms with Gasteiger partial charge in [0.1, 0.15) is 0 Å². The Kier molecular flexibility index (Phi) is 4.40. The molecule has 3 nitrogen and oxygen atoms in total. The zero-order valence-electron chi connectivity index (χ0n) is 12.0. The van der Waals surface area contributed by atoms with Gasteiger partial charge in [-0.1, -0.05) is 13.3 Å². The smallest absolute Gasteiger partial charge is 0.336 e. The molecule has 112 valence electrons. The first-order chi connectivity index (χ1) is 10.2. The van der Waals surface area contributed by atoms with Crippen LogP contribution in [0.1, 0.15) is 60.3 Å². The number of rotatable bonds is 4. The lowest BCUT2D eigenvalue weighted by atomic mass is 9.81. The van der Waals surface area contributed by atoms with E-state index in [1.807, 2.05) is 0 Å². The van der Waals surface area contributed by atoms with Crippen LogP contribution in [-0.2, 0) is 0 Å². The number of thiazole rings is 1. The predicted molar refractivity (Wildman–Crippen MR) is 87.4 cm³/mol. The molecule has 1 fully saturated rings. The van der Waals surface area contributed by atoms with E-state index in [1.54, 1.807) is 22.8 Å². The SMILES string of the molecule is CCC1CCC(c2nc(-c3cc(C(=O)O)cs3)cs2)CC1. The fourth-order valence-electron chi connectivity index (χ4n) is 2.99. The molecule has 0 atom stereocenters. The molecule has 0 aliphatic heterocycles. The number of aromatic nitrogens is 1. The summed E-state index contributed by atoms with van der Waals surface area (Å²) in [6.07, 6.45) is 6.42. The van der Waals surface area contributed by atoms with Crippen LogP contribution < -0.4 is 0 Å². The number of carboxylic acid groups (broad SMARTS) is 1. The van der Waals surface area contributed by atoms with E-state index < -0.39 is 5.97 Å². The number of aromatic carboxylic acids is 1. The maximum Gasteiger partial charge on any atom is 0.336 e. The van der Waals surface area contributed by atoms with Gasteiger partial charge in [-0.05, 0) is 37.7 Å². The van der Waals surface area contributed by atoms with Crippen LogP contribution in [0.2, 0.25) is 0 Å². The molecule has 0 saturated heterocycles. The van der Waals surface area contributed by atoms with E-state index in [0.29, 0.717) is 11.5 Å². The lowest BCUT2D eigenvalue weighted by Crippen LogP contribution is -2.12. The lowest BCUT2D eigenvalue weighted by molar-refractivity contribution is 0.0697. The van der Waals surface area contributed by atoms with E-state index in [1.165, 1.54) is 48.4 Å². The highest BCUT2D eigenvalue weighted by Gasteiger charge is 2.24. The molecule has 1 aliphatic carbocycles. The van der Waals surface area contributed by atoms with Gasteiger partial charge in [0.15, 0.2) is 0 Å². The second-order valence-electron chi connectivity index (χ2n) is 5.70. The van der Waals surface area contributed by atoms with Gasteiger partial charge in [0, 0.05) is 16.7 Å². The van der Waals surface area contributed by atoms with Crippen molar-refractivity contribution in [1.82, 2.24) is 4.98 Å². The number of hydrogen-bond acceptors (Lipinski definition) is 4. The van der Waals surface area contributed by atoms with E-state index in [-0.39, 0.29) is 0 Å². The average Bonchev–Trinajstić information content (AvgIpc) is 3.16. The lowest BCUT2D eigenvalue weighted by Gasteiger charge is -2.26. The van der Waals surface area contributed by atoms with Gasteiger partial charge in [0.2, 0.25) is 0 Å².